The molecule has 28 heavy (non-hydrogen) atoms. The van der Waals surface area contributed by atoms with Crippen molar-refractivity contribution >= 4 is 29.4 Å². The average molecular weight is 390 g/mol. The Bertz CT molecular complexity index is 712. The van der Waals surface area contributed by atoms with Crippen LogP contribution in [0.3, 0.4) is 0 Å². The van der Waals surface area contributed by atoms with E-state index in [-0.39, 0.29) is 30.0 Å². The van der Waals surface area contributed by atoms with Crippen LogP contribution in [0.1, 0.15) is 39.2 Å². The lowest BCUT2D eigenvalue weighted by Crippen LogP contribution is -2.47. The quantitative estimate of drug-likeness (QED) is 0.718. The van der Waals surface area contributed by atoms with E-state index in [4.69, 9.17) is 4.74 Å². The number of carbonyl (C=O) groups excluding carboxylic acids is 3. The van der Waals surface area contributed by atoms with Crippen LogP contribution in [-0.4, -0.2) is 48.7 Å². The SMILES string of the molecule is CCOC(=O)N1CCC(NC(=O)Nc2cc(NC(=O)C(C)C)ccc2C)CC1. The number of hydrogen-bond acceptors (Lipinski definition) is 4. The van der Waals surface area contributed by atoms with Crippen molar-refractivity contribution < 1.29 is 19.1 Å². The van der Waals surface area contributed by atoms with Crippen LogP contribution in [0, 0.1) is 12.8 Å². The molecular weight excluding hydrogens is 360 g/mol. The number of ether oxygens (including phenoxy) is 1. The number of hydrogen-bond donors (Lipinski definition) is 3. The van der Waals surface area contributed by atoms with Crippen molar-refractivity contribution in [2.45, 2.75) is 46.6 Å². The van der Waals surface area contributed by atoms with E-state index in [9.17, 15) is 14.4 Å². The summed E-state index contributed by atoms with van der Waals surface area (Å²) >= 11 is 0. The van der Waals surface area contributed by atoms with Crippen molar-refractivity contribution in [2.24, 2.45) is 5.92 Å². The lowest BCUT2D eigenvalue weighted by Gasteiger charge is -2.31. The van der Waals surface area contributed by atoms with Gasteiger partial charge < -0.3 is 25.6 Å². The third-order valence-electron chi connectivity index (χ3n) is 4.63. The molecule has 0 bridgehead atoms. The van der Waals surface area contributed by atoms with E-state index in [2.05, 4.69) is 16.0 Å². The molecule has 1 aliphatic heterocycles. The van der Waals surface area contributed by atoms with E-state index in [0.29, 0.717) is 43.9 Å². The maximum atomic E-state index is 12.4. The van der Waals surface area contributed by atoms with Crippen LogP contribution in [-0.2, 0) is 9.53 Å². The van der Waals surface area contributed by atoms with Gasteiger partial charge in [-0.3, -0.25) is 4.79 Å². The van der Waals surface area contributed by atoms with Crippen molar-refractivity contribution in [1.82, 2.24) is 10.2 Å². The number of anilines is 2. The number of rotatable bonds is 5. The molecule has 0 radical (unpaired) electrons. The molecule has 0 spiro atoms. The van der Waals surface area contributed by atoms with Gasteiger partial charge in [-0.05, 0) is 44.4 Å². The summed E-state index contributed by atoms with van der Waals surface area (Å²) in [6.45, 7) is 8.78. The van der Waals surface area contributed by atoms with Gasteiger partial charge in [0.1, 0.15) is 0 Å². The van der Waals surface area contributed by atoms with Crippen molar-refractivity contribution in [3.63, 3.8) is 0 Å². The topological polar surface area (TPSA) is 99.8 Å². The Morgan fingerprint density at radius 2 is 1.86 bits per heavy atom. The lowest BCUT2D eigenvalue weighted by atomic mass is 10.1. The molecule has 154 valence electrons. The highest BCUT2D eigenvalue weighted by atomic mass is 16.6. The van der Waals surface area contributed by atoms with Crippen molar-refractivity contribution in [3.8, 4) is 0 Å². The monoisotopic (exact) mass is 390 g/mol. The zero-order valence-corrected chi connectivity index (χ0v) is 17.0. The normalized spacial score (nSPS) is 14.5. The molecular formula is C20H30N4O4. The Morgan fingerprint density at radius 1 is 1.18 bits per heavy atom. The zero-order valence-electron chi connectivity index (χ0n) is 17.0. The molecule has 0 aromatic heterocycles. The smallest absolute Gasteiger partial charge is 0.409 e. The summed E-state index contributed by atoms with van der Waals surface area (Å²) in [6, 6.07) is 5.10. The second-order valence-electron chi connectivity index (χ2n) is 7.23. The maximum absolute atomic E-state index is 12.4. The molecule has 1 aliphatic rings. The highest BCUT2D eigenvalue weighted by molar-refractivity contribution is 5.94. The Labute approximate surface area is 166 Å². The second-order valence-corrected chi connectivity index (χ2v) is 7.23. The molecule has 4 amide bonds. The molecule has 1 saturated heterocycles. The number of nitrogens with one attached hydrogen (secondary N) is 3. The van der Waals surface area contributed by atoms with Crippen LogP contribution in [0.15, 0.2) is 18.2 Å². The first-order valence-electron chi connectivity index (χ1n) is 9.70. The van der Waals surface area contributed by atoms with E-state index in [1.807, 2.05) is 32.9 Å². The predicted octanol–water partition coefficient (Wildman–Crippen LogP) is 3.33. The van der Waals surface area contributed by atoms with Crippen LogP contribution in [0.25, 0.3) is 0 Å². The van der Waals surface area contributed by atoms with Gasteiger partial charge in [-0.1, -0.05) is 19.9 Å². The Hall–Kier alpha value is -2.77. The van der Waals surface area contributed by atoms with Crippen molar-refractivity contribution in [2.75, 3.05) is 30.3 Å². The van der Waals surface area contributed by atoms with E-state index < -0.39 is 0 Å². The first kappa shape index (κ1) is 21.5. The van der Waals surface area contributed by atoms with Gasteiger partial charge in [0, 0.05) is 36.4 Å². The number of likely N-dealkylation sites (tertiary alicyclic amines) is 1. The number of amides is 4. The number of urea groups is 1. The molecule has 1 fully saturated rings. The number of carbonyl (C=O) groups is 3. The fourth-order valence-electron chi connectivity index (χ4n) is 2.89. The summed E-state index contributed by atoms with van der Waals surface area (Å²) in [5.41, 5.74) is 2.18. The zero-order chi connectivity index (χ0) is 20.7. The van der Waals surface area contributed by atoms with Gasteiger partial charge >= 0.3 is 12.1 Å². The fraction of sp³-hybridized carbons (Fsp3) is 0.550. The molecule has 0 unspecified atom stereocenters. The molecule has 1 aromatic rings. The van der Waals surface area contributed by atoms with Gasteiger partial charge in [-0.25, -0.2) is 9.59 Å². The summed E-state index contributed by atoms with van der Waals surface area (Å²) in [5, 5.41) is 8.63. The molecule has 0 aliphatic carbocycles. The summed E-state index contributed by atoms with van der Waals surface area (Å²) < 4.78 is 5.00. The van der Waals surface area contributed by atoms with Gasteiger partial charge in [-0.2, -0.15) is 0 Å². The summed E-state index contributed by atoms with van der Waals surface area (Å²) in [7, 11) is 0. The predicted molar refractivity (Wildman–Crippen MR) is 108 cm³/mol. The van der Waals surface area contributed by atoms with Gasteiger partial charge in [0.25, 0.3) is 0 Å². The number of piperidine rings is 1. The van der Waals surface area contributed by atoms with Crippen LogP contribution in [0.2, 0.25) is 0 Å². The van der Waals surface area contributed by atoms with Crippen LogP contribution < -0.4 is 16.0 Å². The summed E-state index contributed by atoms with van der Waals surface area (Å²) in [6.07, 6.45) is 1.05. The summed E-state index contributed by atoms with van der Waals surface area (Å²) in [4.78, 5) is 37.6. The maximum Gasteiger partial charge on any atom is 0.409 e. The van der Waals surface area contributed by atoms with Gasteiger partial charge in [-0.15, -0.1) is 0 Å². The van der Waals surface area contributed by atoms with Crippen LogP contribution in [0.5, 0.6) is 0 Å². The highest BCUT2D eigenvalue weighted by Gasteiger charge is 2.24. The molecule has 8 nitrogen and oxygen atoms in total. The minimum Gasteiger partial charge on any atom is -0.450 e. The third kappa shape index (κ3) is 6.14. The van der Waals surface area contributed by atoms with Gasteiger partial charge in [0.05, 0.1) is 6.61 Å². The van der Waals surface area contributed by atoms with Gasteiger partial charge in [0.2, 0.25) is 5.91 Å². The standard InChI is InChI=1S/C20H30N4O4/c1-5-28-20(27)24-10-8-15(9-11-24)22-19(26)23-17-12-16(7-6-14(17)4)21-18(25)13(2)3/h6-7,12-13,15H,5,8-11H2,1-4H3,(H,21,25)(H2,22,23,26). The van der Waals surface area contributed by atoms with Crippen molar-refractivity contribution in [3.05, 3.63) is 23.8 Å². The fourth-order valence-corrected chi connectivity index (χ4v) is 2.89. The lowest BCUT2D eigenvalue weighted by molar-refractivity contribution is -0.118. The largest absolute Gasteiger partial charge is 0.450 e. The molecule has 0 atom stereocenters. The molecule has 8 heteroatoms. The highest BCUT2D eigenvalue weighted by Crippen LogP contribution is 2.21. The minimum absolute atomic E-state index is 0.00481. The molecule has 1 heterocycles. The van der Waals surface area contributed by atoms with Crippen LogP contribution >= 0.6 is 0 Å². The van der Waals surface area contributed by atoms with Gasteiger partial charge in [0.15, 0.2) is 0 Å². The van der Waals surface area contributed by atoms with E-state index in [1.165, 1.54) is 0 Å². The Kier molecular flexibility index (Phi) is 7.66. The molecule has 2 rings (SSSR count). The van der Waals surface area contributed by atoms with Crippen molar-refractivity contribution in [1.29, 1.82) is 0 Å². The third-order valence-corrected chi connectivity index (χ3v) is 4.63. The first-order chi connectivity index (χ1) is 13.3. The Morgan fingerprint density at radius 3 is 2.46 bits per heavy atom. The second kappa shape index (κ2) is 9.96. The number of benzene rings is 1. The number of aryl methyl sites for hydroxylation is 1. The molecule has 1 aromatic carbocycles. The van der Waals surface area contributed by atoms with Crippen LogP contribution in [0.4, 0.5) is 21.0 Å². The average Bonchev–Trinajstić information content (AvgIpc) is 2.65. The molecule has 3 N–H and O–H groups in total. The first-order valence-corrected chi connectivity index (χ1v) is 9.70. The Balaban J connectivity index is 1.88. The minimum atomic E-state index is -0.304. The summed E-state index contributed by atoms with van der Waals surface area (Å²) in [5.74, 6) is -0.200. The number of nitrogens with zero attached hydrogens (tertiary/aromatic N) is 1. The molecule has 0 saturated carbocycles. The van der Waals surface area contributed by atoms with E-state index in [0.717, 1.165) is 5.56 Å². The van der Waals surface area contributed by atoms with E-state index in [1.54, 1.807) is 17.9 Å². The van der Waals surface area contributed by atoms with E-state index >= 15 is 0 Å².